The van der Waals surface area contributed by atoms with Gasteiger partial charge < -0.3 is 9.42 Å². The minimum absolute atomic E-state index is 0.282. The van der Waals surface area contributed by atoms with Crippen LogP contribution in [-0.4, -0.2) is 76.6 Å². The first-order valence-electron chi connectivity index (χ1n) is 10.7. The van der Waals surface area contributed by atoms with Crippen LogP contribution >= 0.6 is 0 Å². The van der Waals surface area contributed by atoms with Crippen molar-refractivity contribution < 1.29 is 9.32 Å². The Bertz CT molecular complexity index is 811. The maximum absolute atomic E-state index is 12.6. The molecular weight excluding hydrogens is 366 g/mol. The van der Waals surface area contributed by atoms with Crippen LogP contribution in [0.1, 0.15) is 31.2 Å². The smallest absolute Gasteiger partial charge is 0.241 e. The number of aryl methyl sites for hydroxylation is 1. The summed E-state index contributed by atoms with van der Waals surface area (Å²) < 4.78 is 5.46. The molecule has 1 unspecified atom stereocenters. The largest absolute Gasteiger partial charge is 0.341 e. The third-order valence-electron chi connectivity index (χ3n) is 5.97. The van der Waals surface area contributed by atoms with Crippen molar-refractivity contribution in [1.29, 1.82) is 0 Å². The van der Waals surface area contributed by atoms with Crippen LogP contribution in [0.3, 0.4) is 0 Å². The molecule has 29 heavy (non-hydrogen) atoms. The van der Waals surface area contributed by atoms with Gasteiger partial charge in [-0.2, -0.15) is 4.98 Å². The van der Waals surface area contributed by atoms with Crippen molar-refractivity contribution in [3.05, 3.63) is 35.7 Å². The summed E-state index contributed by atoms with van der Waals surface area (Å²) in [4.78, 5) is 23.8. The van der Waals surface area contributed by atoms with Crippen LogP contribution in [-0.2, 0) is 11.3 Å². The van der Waals surface area contributed by atoms with Crippen LogP contribution in [0.25, 0.3) is 11.4 Å². The summed E-state index contributed by atoms with van der Waals surface area (Å²) in [7, 11) is 0. The van der Waals surface area contributed by atoms with Gasteiger partial charge >= 0.3 is 0 Å². The topological polar surface area (TPSA) is 65.7 Å². The summed E-state index contributed by atoms with van der Waals surface area (Å²) >= 11 is 0. The number of piperidine rings is 1. The van der Waals surface area contributed by atoms with E-state index in [4.69, 9.17) is 4.52 Å². The van der Waals surface area contributed by atoms with E-state index in [1.807, 2.05) is 17.0 Å². The van der Waals surface area contributed by atoms with Gasteiger partial charge in [0.25, 0.3) is 0 Å². The van der Waals surface area contributed by atoms with Crippen LogP contribution < -0.4 is 0 Å². The first-order chi connectivity index (χ1) is 14.1. The lowest BCUT2D eigenvalue weighted by atomic mass is 10.0. The lowest BCUT2D eigenvalue weighted by Gasteiger charge is -2.36. The SMILES string of the molecule is Cc1ccc(-c2noc(CN3CCN(CC(=O)N4CCCC(C)C4)CC3)n2)cc1. The van der Waals surface area contributed by atoms with Crippen LogP contribution in [0, 0.1) is 12.8 Å². The van der Waals surface area contributed by atoms with E-state index < -0.39 is 0 Å². The Morgan fingerprint density at radius 1 is 1.10 bits per heavy atom. The van der Waals surface area contributed by atoms with Gasteiger partial charge in [0.1, 0.15) is 0 Å². The molecule has 2 aromatic rings. The molecule has 1 aromatic heterocycles. The molecule has 1 aromatic carbocycles. The lowest BCUT2D eigenvalue weighted by molar-refractivity contribution is -0.134. The normalized spacial score (nSPS) is 21.4. The number of hydrogen-bond donors (Lipinski definition) is 0. The van der Waals surface area contributed by atoms with Crippen molar-refractivity contribution in [3.8, 4) is 11.4 Å². The maximum atomic E-state index is 12.6. The Labute approximate surface area is 172 Å². The number of carbonyl (C=O) groups is 1. The summed E-state index contributed by atoms with van der Waals surface area (Å²) in [5.74, 6) is 2.20. The highest BCUT2D eigenvalue weighted by Gasteiger charge is 2.25. The van der Waals surface area contributed by atoms with E-state index in [0.717, 1.165) is 51.3 Å². The molecule has 2 aliphatic rings. The molecule has 0 N–H and O–H groups in total. The molecule has 0 radical (unpaired) electrons. The second-order valence-electron chi connectivity index (χ2n) is 8.52. The molecule has 1 atom stereocenters. The summed E-state index contributed by atoms with van der Waals surface area (Å²) in [6.45, 7) is 10.9. The van der Waals surface area contributed by atoms with Crippen LogP contribution in [0.5, 0.6) is 0 Å². The highest BCUT2D eigenvalue weighted by molar-refractivity contribution is 5.78. The molecule has 0 spiro atoms. The molecular formula is C22H31N5O2. The minimum Gasteiger partial charge on any atom is -0.341 e. The summed E-state index contributed by atoms with van der Waals surface area (Å²) in [5.41, 5.74) is 2.18. The van der Waals surface area contributed by atoms with Crippen LogP contribution in [0.2, 0.25) is 0 Å². The average Bonchev–Trinajstić information content (AvgIpc) is 3.18. The van der Waals surface area contributed by atoms with Gasteiger partial charge in [-0.15, -0.1) is 0 Å². The van der Waals surface area contributed by atoms with E-state index in [-0.39, 0.29) is 5.91 Å². The molecule has 2 aliphatic heterocycles. The quantitative estimate of drug-likeness (QED) is 0.772. The molecule has 0 bridgehead atoms. The molecule has 1 amide bonds. The predicted molar refractivity (Wildman–Crippen MR) is 111 cm³/mol. The third-order valence-corrected chi connectivity index (χ3v) is 5.97. The zero-order valence-electron chi connectivity index (χ0n) is 17.5. The highest BCUT2D eigenvalue weighted by atomic mass is 16.5. The second kappa shape index (κ2) is 9.05. The molecule has 2 saturated heterocycles. The Morgan fingerprint density at radius 2 is 1.83 bits per heavy atom. The zero-order valence-corrected chi connectivity index (χ0v) is 17.5. The molecule has 2 fully saturated rings. The first-order valence-corrected chi connectivity index (χ1v) is 10.7. The third kappa shape index (κ3) is 5.22. The highest BCUT2D eigenvalue weighted by Crippen LogP contribution is 2.18. The van der Waals surface area contributed by atoms with Gasteiger partial charge in [0.05, 0.1) is 13.1 Å². The number of benzene rings is 1. The van der Waals surface area contributed by atoms with Gasteiger partial charge in [-0.3, -0.25) is 14.6 Å². The molecule has 0 aliphatic carbocycles. The molecule has 0 saturated carbocycles. The molecule has 7 heteroatoms. The Hall–Kier alpha value is -2.25. The van der Waals surface area contributed by atoms with Crippen molar-refractivity contribution in [2.24, 2.45) is 5.92 Å². The van der Waals surface area contributed by atoms with Crippen LogP contribution in [0.4, 0.5) is 0 Å². The number of piperazine rings is 1. The lowest BCUT2D eigenvalue weighted by Crippen LogP contribution is -2.50. The molecule has 156 valence electrons. The standard InChI is InChI=1S/C22H31N5O2/c1-17-5-7-19(8-6-17)22-23-20(29-24-22)15-25-10-12-26(13-11-25)16-21(28)27-9-3-4-18(2)14-27/h5-8,18H,3-4,9-16H2,1-2H3. The van der Waals surface area contributed by atoms with E-state index in [2.05, 4.69) is 45.9 Å². The zero-order chi connectivity index (χ0) is 20.2. The number of rotatable bonds is 5. The van der Waals surface area contributed by atoms with Crippen molar-refractivity contribution in [2.75, 3.05) is 45.8 Å². The van der Waals surface area contributed by atoms with Crippen molar-refractivity contribution in [3.63, 3.8) is 0 Å². The average molecular weight is 398 g/mol. The van der Waals surface area contributed by atoms with E-state index in [9.17, 15) is 4.79 Å². The minimum atomic E-state index is 0.282. The van der Waals surface area contributed by atoms with E-state index in [0.29, 0.717) is 30.7 Å². The van der Waals surface area contributed by atoms with Gasteiger partial charge in [0, 0.05) is 44.8 Å². The van der Waals surface area contributed by atoms with Gasteiger partial charge in [0.15, 0.2) is 0 Å². The van der Waals surface area contributed by atoms with Gasteiger partial charge in [-0.1, -0.05) is 41.9 Å². The van der Waals surface area contributed by atoms with Crippen molar-refractivity contribution >= 4 is 5.91 Å². The Morgan fingerprint density at radius 3 is 2.55 bits per heavy atom. The maximum Gasteiger partial charge on any atom is 0.241 e. The molecule has 7 nitrogen and oxygen atoms in total. The number of likely N-dealkylation sites (tertiary alicyclic amines) is 1. The van der Waals surface area contributed by atoms with E-state index >= 15 is 0 Å². The fraction of sp³-hybridized carbons (Fsp3) is 0.591. The predicted octanol–water partition coefficient (Wildman–Crippen LogP) is 2.42. The second-order valence-corrected chi connectivity index (χ2v) is 8.52. The van der Waals surface area contributed by atoms with Crippen molar-refractivity contribution in [2.45, 2.75) is 33.2 Å². The van der Waals surface area contributed by atoms with E-state index in [1.165, 1.54) is 12.0 Å². The van der Waals surface area contributed by atoms with Gasteiger partial charge in [-0.05, 0) is 25.7 Å². The fourth-order valence-electron chi connectivity index (χ4n) is 4.14. The number of aromatic nitrogens is 2. The van der Waals surface area contributed by atoms with Gasteiger partial charge in [-0.25, -0.2) is 0 Å². The monoisotopic (exact) mass is 397 g/mol. The number of hydrogen-bond acceptors (Lipinski definition) is 6. The Balaban J connectivity index is 1.24. The summed E-state index contributed by atoms with van der Waals surface area (Å²) in [5, 5.41) is 4.12. The van der Waals surface area contributed by atoms with Gasteiger partial charge in [0.2, 0.25) is 17.6 Å². The number of nitrogens with zero attached hydrogens (tertiary/aromatic N) is 5. The fourth-order valence-corrected chi connectivity index (χ4v) is 4.14. The Kier molecular flexibility index (Phi) is 6.25. The van der Waals surface area contributed by atoms with Crippen molar-refractivity contribution in [1.82, 2.24) is 24.8 Å². The first kappa shape index (κ1) is 20.0. The number of carbonyl (C=O) groups excluding carboxylic acids is 1. The van der Waals surface area contributed by atoms with E-state index in [1.54, 1.807) is 0 Å². The summed E-state index contributed by atoms with van der Waals surface area (Å²) in [6, 6.07) is 8.14. The number of amides is 1. The van der Waals surface area contributed by atoms with Crippen LogP contribution in [0.15, 0.2) is 28.8 Å². The summed E-state index contributed by atoms with van der Waals surface area (Å²) in [6.07, 6.45) is 2.37. The molecule has 3 heterocycles. The molecule has 4 rings (SSSR count).